The van der Waals surface area contributed by atoms with E-state index in [4.69, 9.17) is 68.1 Å². The van der Waals surface area contributed by atoms with Gasteiger partial charge < -0.3 is 135 Å². The Bertz CT molecular complexity index is 2620. The standard InChI is InChI=1S/C31H55N3O11.C27H49N3O9.C8H15NO5/c1-10-17-12-13-18(33-26(38)20(35)11-2)27(42-17)43-23-16(3)14-19(32-8)24(21(23)36)44-28-22(37)25(31(7,40)15-41-28)34(9)29(39)45-30(4,5)6;1-9-15-10-11-16(28)23(36-15)37-20-14(2)12-17(29-7)21(18(20)31)38-24-19(32)22(27(6,34)13-35-24)30(8)25(33)39-26(3,4)5;1-8(2,3)14-7(13)9-4-5(10)6(11)12/h12,16,18-25,27-28,32,35-37,40H,10-11,13-15H2,1-9H3,(H,33,38);10,14,16-24,29,31-32,34H,9,11-13,28H2,1-8H3;5,10H,4H2,1-3H3,(H,9,13)(H,11,12)/t16-,18+,19+,20-,21-,22+,23?,24-,25+,27+,28+,31-;14-,16+,17+,18-,19+,20?,21-,22+,23+,24+,27-;5-/m000/s1. The molecule has 6 aliphatic rings. The number of alkyl carbamates (subject to hydrolysis) is 1. The number of carboxylic acid groups (broad SMARTS) is 1. The second-order valence-electron chi connectivity index (χ2n) is 29.7. The molecule has 15 N–H and O–H groups in total. The SMILES string of the molecule is CC(C)(C)OC(=O)NC[C@H](O)C(=O)O.CCC1=CC[C@@H](N)[C@@H](OC2[C@@H](C)C[C@@H](NC)[C@H](O[C@H]3OC[C@](C)(O)[C@H](N(C)C(=O)OC(C)(C)C)[C@H]3O)[C@H]2O)O1.CCC1=CC[C@@H](NC(=O)[C@@H](O)CC)[C@@H](OC2[C@@H](C)C[C@@H](NC)[C@H](O[C@H]3OC[C@](C)(O)[C@H](N(C)C(=O)OC(C)(C)C)[C@H]3O)[C@H]2O)O1. The summed E-state index contributed by atoms with van der Waals surface area (Å²) >= 11 is 0. The zero-order chi connectivity index (χ0) is 74.5. The van der Waals surface area contributed by atoms with Crippen LogP contribution in [-0.2, 0) is 61.7 Å². The van der Waals surface area contributed by atoms with Gasteiger partial charge in [0.15, 0.2) is 18.7 Å². The Labute approximate surface area is 576 Å². The molecule has 0 bridgehead atoms. The summed E-state index contributed by atoms with van der Waals surface area (Å²) in [7, 11) is 6.37. The van der Waals surface area contributed by atoms with Gasteiger partial charge in [0.2, 0.25) is 18.5 Å². The predicted octanol–water partition coefficient (Wildman–Crippen LogP) is 1.52. The Hall–Kier alpha value is -4.85. The summed E-state index contributed by atoms with van der Waals surface area (Å²) in [4.78, 5) is 61.6. The number of aliphatic carboxylic acids is 1. The molecule has 32 nitrogen and oxygen atoms in total. The lowest BCUT2D eigenvalue weighted by molar-refractivity contribution is -0.313. The normalized spacial score (nSPS) is 35.8. The van der Waals surface area contributed by atoms with Gasteiger partial charge in [0.05, 0.1) is 67.7 Å². The molecular weight excluding hydrogens is 1290 g/mol. The number of ether oxygens (including phenoxy) is 11. The first kappa shape index (κ1) is 85.6. The molecule has 0 aromatic carbocycles. The van der Waals surface area contributed by atoms with E-state index in [1.54, 1.807) is 83.3 Å². The van der Waals surface area contributed by atoms with Crippen LogP contribution in [0.25, 0.3) is 0 Å². The first-order valence-electron chi connectivity index (χ1n) is 33.9. The number of aliphatic hydroxyl groups excluding tert-OH is 6. The van der Waals surface area contributed by atoms with Crippen LogP contribution in [0, 0.1) is 11.8 Å². The molecule has 2 saturated heterocycles. The molecular formula is C66H119N7O25. The van der Waals surface area contributed by atoms with Crippen molar-refractivity contribution in [2.45, 2.75) is 306 Å². The molecule has 2 unspecified atom stereocenters. The molecule has 4 aliphatic heterocycles. The van der Waals surface area contributed by atoms with Crippen molar-refractivity contribution in [3.63, 3.8) is 0 Å². The van der Waals surface area contributed by atoms with Gasteiger partial charge in [-0.15, -0.1) is 0 Å². The van der Waals surface area contributed by atoms with Crippen molar-refractivity contribution in [1.29, 1.82) is 0 Å². The van der Waals surface area contributed by atoms with Gasteiger partial charge in [0, 0.05) is 39.0 Å². The molecule has 98 heavy (non-hydrogen) atoms. The van der Waals surface area contributed by atoms with Gasteiger partial charge in [-0.2, -0.15) is 0 Å². The number of carboxylic acids is 1. The monoisotopic (exact) mass is 1410 g/mol. The van der Waals surface area contributed by atoms with Crippen LogP contribution in [-0.4, -0.2) is 284 Å². The number of allylic oxidation sites excluding steroid dienone is 2. The van der Waals surface area contributed by atoms with Crippen molar-refractivity contribution in [2.75, 3.05) is 47.9 Å². The van der Waals surface area contributed by atoms with E-state index in [-0.39, 0.29) is 56.1 Å². The average Bonchev–Trinajstić information content (AvgIpc) is 0.776. The highest BCUT2D eigenvalue weighted by molar-refractivity contribution is 5.80. The minimum absolute atomic E-state index is 0.0620. The number of hydrogen-bond acceptors (Lipinski definition) is 27. The van der Waals surface area contributed by atoms with Gasteiger partial charge in [0.25, 0.3) is 0 Å². The highest BCUT2D eigenvalue weighted by Gasteiger charge is 2.56. The fourth-order valence-corrected chi connectivity index (χ4v) is 12.3. The first-order chi connectivity index (χ1) is 45.2. The average molecular weight is 1410 g/mol. The van der Waals surface area contributed by atoms with Crippen molar-refractivity contribution in [3.8, 4) is 0 Å². The van der Waals surface area contributed by atoms with Crippen molar-refractivity contribution < 1.29 is 122 Å². The maximum Gasteiger partial charge on any atom is 0.410 e. The zero-order valence-corrected chi connectivity index (χ0v) is 61.0. The van der Waals surface area contributed by atoms with Crippen molar-refractivity contribution in [1.82, 2.24) is 31.1 Å². The van der Waals surface area contributed by atoms with Crippen molar-refractivity contribution in [3.05, 3.63) is 23.7 Å². The van der Waals surface area contributed by atoms with E-state index in [1.807, 2.05) is 39.8 Å². The molecule has 0 aromatic rings. The molecule has 24 atom stereocenters. The second-order valence-corrected chi connectivity index (χ2v) is 29.7. The highest BCUT2D eigenvalue weighted by Crippen LogP contribution is 2.39. The molecule has 0 aromatic heterocycles. The summed E-state index contributed by atoms with van der Waals surface area (Å²) in [5.41, 5.74) is 0.832. The Morgan fingerprint density at radius 1 is 0.602 bits per heavy atom. The van der Waals surface area contributed by atoms with Crippen molar-refractivity contribution >= 4 is 30.2 Å². The lowest BCUT2D eigenvalue weighted by atomic mass is 9.80. The van der Waals surface area contributed by atoms with E-state index in [2.05, 4.69) is 21.3 Å². The lowest BCUT2D eigenvalue weighted by Crippen LogP contribution is -2.69. The molecule has 2 aliphatic carbocycles. The van der Waals surface area contributed by atoms with Gasteiger partial charge in [-0.25, -0.2) is 19.2 Å². The second kappa shape index (κ2) is 36.3. The number of nitrogens with two attached hydrogens (primary N) is 1. The summed E-state index contributed by atoms with van der Waals surface area (Å²) < 4.78 is 64.3. The number of amides is 4. The maximum atomic E-state index is 12.9. The van der Waals surface area contributed by atoms with Crippen LogP contribution in [0.2, 0.25) is 0 Å². The quantitative estimate of drug-likeness (QED) is 0.0768. The number of hydrogen-bond donors (Lipinski definition) is 14. The molecule has 0 radical (unpaired) electrons. The third-order valence-corrected chi connectivity index (χ3v) is 17.4. The maximum absolute atomic E-state index is 12.9. The summed E-state index contributed by atoms with van der Waals surface area (Å²) in [6.45, 7) is 27.0. The van der Waals surface area contributed by atoms with Gasteiger partial charge in [-0.05, 0) is 146 Å². The van der Waals surface area contributed by atoms with E-state index in [9.17, 15) is 59.7 Å². The van der Waals surface area contributed by atoms with Crippen molar-refractivity contribution in [2.24, 2.45) is 17.6 Å². The molecule has 4 fully saturated rings. The summed E-state index contributed by atoms with van der Waals surface area (Å²) in [6.07, 6.45) is -10.2. The summed E-state index contributed by atoms with van der Waals surface area (Å²) in [6, 6.07) is -3.89. The minimum Gasteiger partial charge on any atom is -0.479 e. The first-order valence-corrected chi connectivity index (χ1v) is 33.9. The third kappa shape index (κ3) is 24.1. The smallest absolute Gasteiger partial charge is 0.410 e. The van der Waals surface area contributed by atoms with Gasteiger partial charge in [-0.3, -0.25) is 4.79 Å². The molecule has 4 amide bonds. The Morgan fingerprint density at radius 2 is 0.990 bits per heavy atom. The highest BCUT2D eigenvalue weighted by atomic mass is 16.7. The molecule has 6 rings (SSSR count). The van der Waals surface area contributed by atoms with Crippen LogP contribution in [0.3, 0.4) is 0 Å². The van der Waals surface area contributed by atoms with Gasteiger partial charge >= 0.3 is 24.2 Å². The van der Waals surface area contributed by atoms with E-state index in [1.165, 1.54) is 27.9 Å². The molecule has 4 heterocycles. The van der Waals surface area contributed by atoms with Crippen LogP contribution >= 0.6 is 0 Å². The van der Waals surface area contributed by atoms with Crippen LogP contribution in [0.5, 0.6) is 0 Å². The van der Waals surface area contributed by atoms with Crippen LogP contribution < -0.4 is 27.0 Å². The molecule has 2 saturated carbocycles. The summed E-state index contributed by atoms with van der Waals surface area (Å²) in [5.74, 6) is -0.683. The van der Waals surface area contributed by atoms with Gasteiger partial charge in [-0.1, -0.05) is 34.6 Å². The molecule has 0 spiro atoms. The third-order valence-electron chi connectivity index (χ3n) is 17.4. The largest absolute Gasteiger partial charge is 0.479 e. The number of nitrogens with zero attached hydrogens (tertiary/aromatic N) is 2. The Morgan fingerprint density at radius 3 is 1.37 bits per heavy atom. The number of aliphatic hydroxyl groups is 8. The number of nitrogens with one attached hydrogen (secondary N) is 4. The van der Waals surface area contributed by atoms with E-state index < -0.39 is 162 Å². The molecule has 568 valence electrons. The number of rotatable bonds is 20. The number of carbonyl (C=O) groups excluding carboxylic acids is 4. The minimum atomic E-state index is -1.63. The lowest BCUT2D eigenvalue weighted by Gasteiger charge is -2.50. The Balaban J connectivity index is 0.000000351. The van der Waals surface area contributed by atoms with E-state index in [0.717, 1.165) is 15.6 Å². The fraction of sp³-hybridized carbons (Fsp3) is 0.864. The molecule has 32 heteroatoms. The van der Waals surface area contributed by atoms with Crippen LogP contribution in [0.4, 0.5) is 14.4 Å². The Kier molecular flexibility index (Phi) is 31.7. The fourth-order valence-electron chi connectivity index (χ4n) is 12.3. The number of likely N-dealkylation sites (N-methyl/N-ethyl adjacent to an activating group) is 4. The van der Waals surface area contributed by atoms with Crippen LogP contribution in [0.1, 0.15) is 156 Å². The zero-order valence-electron chi connectivity index (χ0n) is 61.0. The van der Waals surface area contributed by atoms with Gasteiger partial charge in [0.1, 0.15) is 70.7 Å². The van der Waals surface area contributed by atoms with Crippen LogP contribution in [0.15, 0.2) is 23.7 Å². The predicted molar refractivity (Wildman–Crippen MR) is 353 cm³/mol. The van der Waals surface area contributed by atoms with E-state index >= 15 is 0 Å². The summed E-state index contributed by atoms with van der Waals surface area (Å²) in [5, 5.41) is 106. The van der Waals surface area contributed by atoms with E-state index in [0.29, 0.717) is 44.3 Å². The topological polar surface area (TPSA) is 450 Å². The number of carbonyl (C=O) groups is 5.